The highest BCUT2D eigenvalue weighted by atomic mass is 32.2. The van der Waals surface area contributed by atoms with Gasteiger partial charge in [-0.05, 0) is 12.1 Å². The molecule has 2 aliphatic rings. The summed E-state index contributed by atoms with van der Waals surface area (Å²) in [6, 6.07) is 4.46. The summed E-state index contributed by atoms with van der Waals surface area (Å²) in [5.41, 5.74) is 0.971. The van der Waals surface area contributed by atoms with Crippen molar-refractivity contribution < 1.29 is 26.7 Å². The van der Waals surface area contributed by atoms with Gasteiger partial charge < -0.3 is 14.4 Å². The maximum atomic E-state index is 13.2. The number of piperidine rings is 1. The molecule has 1 N–H and O–H groups in total. The summed E-state index contributed by atoms with van der Waals surface area (Å²) in [7, 11) is -3.41. The Balaban J connectivity index is 1.46. The number of imidazole rings is 1. The van der Waals surface area contributed by atoms with Gasteiger partial charge in [0.1, 0.15) is 23.5 Å². The van der Waals surface area contributed by atoms with E-state index in [-0.39, 0.29) is 24.1 Å². The van der Waals surface area contributed by atoms with Crippen molar-refractivity contribution in [3.8, 4) is 11.4 Å². The van der Waals surface area contributed by atoms with Crippen molar-refractivity contribution in [2.45, 2.75) is 19.1 Å². The molecule has 0 bridgehead atoms. The van der Waals surface area contributed by atoms with Crippen molar-refractivity contribution >= 4 is 21.5 Å². The molecule has 0 aliphatic carbocycles. The summed E-state index contributed by atoms with van der Waals surface area (Å²) in [4.78, 5) is 15.0. The first-order valence-corrected chi connectivity index (χ1v) is 13.0. The molecule has 2 aliphatic heterocycles. The van der Waals surface area contributed by atoms with E-state index in [4.69, 9.17) is 9.47 Å². The Hall–Kier alpha value is -2.81. The molecule has 0 saturated carbocycles. The van der Waals surface area contributed by atoms with Gasteiger partial charge in [0.05, 0.1) is 31.4 Å². The number of ether oxygens (including phenoxy) is 2. The smallest absolute Gasteiger partial charge is 0.282 e. The van der Waals surface area contributed by atoms with Gasteiger partial charge in [0.15, 0.2) is 11.4 Å². The van der Waals surface area contributed by atoms with Crippen LogP contribution in [0.15, 0.2) is 30.7 Å². The Morgan fingerprint density at radius 3 is 2.69 bits per heavy atom. The molecule has 188 valence electrons. The Kier molecular flexibility index (Phi) is 6.15. The number of anilines is 1. The summed E-state index contributed by atoms with van der Waals surface area (Å²) in [6.45, 7) is 3.99. The molecule has 14 heteroatoms. The molecule has 2 saturated heterocycles. The highest BCUT2D eigenvalue weighted by molar-refractivity contribution is 7.88. The number of fused-ring (bicyclic) bond motifs is 1. The lowest BCUT2D eigenvalue weighted by atomic mass is 9.83. The lowest BCUT2D eigenvalue weighted by Gasteiger charge is -2.48. The van der Waals surface area contributed by atoms with Crippen LogP contribution in [0.5, 0.6) is 0 Å². The number of aromatic nitrogens is 5. The summed E-state index contributed by atoms with van der Waals surface area (Å²) < 4.78 is 65.9. The monoisotopic (exact) mass is 509 g/mol. The molecular formula is C21H25F2N7O4S. The third kappa shape index (κ3) is 4.58. The summed E-state index contributed by atoms with van der Waals surface area (Å²) in [6.07, 6.45) is 1.31. The zero-order valence-electron chi connectivity index (χ0n) is 19.1. The Morgan fingerprint density at radius 1 is 1.20 bits per heavy atom. The molecule has 3 aromatic heterocycles. The molecular weight excluding hydrogens is 484 g/mol. The Bertz CT molecular complexity index is 1330. The van der Waals surface area contributed by atoms with Crippen molar-refractivity contribution in [2.24, 2.45) is 11.8 Å². The average molecular weight is 510 g/mol. The van der Waals surface area contributed by atoms with Crippen molar-refractivity contribution in [2.75, 3.05) is 44.0 Å². The quantitative estimate of drug-likeness (QED) is 0.526. The highest BCUT2D eigenvalue weighted by Gasteiger charge is 2.52. The van der Waals surface area contributed by atoms with Crippen LogP contribution in [-0.4, -0.2) is 77.9 Å². The molecule has 2 fully saturated rings. The fourth-order valence-electron chi connectivity index (χ4n) is 4.78. The Morgan fingerprint density at radius 2 is 1.97 bits per heavy atom. The third-order valence-electron chi connectivity index (χ3n) is 6.37. The standard InChI is InChI=1S/C21H25F2N7O4S/c1-13-10-29(11-14(8-27-35(2,31)32)21(13)33-5-6-34-21)19-7-16(25-12-26-19)17-9-24-18-4-3-15(20(22)23)28-30(17)18/h3-4,7,9,12-14,20,27H,5-6,8,10-11H2,1-2H3. The van der Waals surface area contributed by atoms with E-state index in [1.807, 2.05) is 11.8 Å². The minimum Gasteiger partial charge on any atom is -0.355 e. The van der Waals surface area contributed by atoms with Gasteiger partial charge in [-0.3, -0.25) is 0 Å². The van der Waals surface area contributed by atoms with Crippen molar-refractivity contribution in [3.63, 3.8) is 0 Å². The number of alkyl halides is 2. The van der Waals surface area contributed by atoms with Gasteiger partial charge in [0, 0.05) is 37.5 Å². The van der Waals surface area contributed by atoms with Gasteiger partial charge in [-0.2, -0.15) is 5.10 Å². The second-order valence-electron chi connectivity index (χ2n) is 8.78. The van der Waals surface area contributed by atoms with Gasteiger partial charge in [-0.25, -0.2) is 41.4 Å². The average Bonchev–Trinajstić information content (AvgIpc) is 3.47. The minimum absolute atomic E-state index is 0.0883. The molecule has 2 atom stereocenters. The van der Waals surface area contributed by atoms with Crippen LogP contribution in [-0.2, 0) is 19.5 Å². The molecule has 11 nitrogen and oxygen atoms in total. The molecule has 5 rings (SSSR count). The maximum Gasteiger partial charge on any atom is 0.282 e. The molecule has 1 spiro atoms. The number of nitrogens with one attached hydrogen (secondary N) is 1. The van der Waals surface area contributed by atoms with Crippen molar-refractivity contribution in [3.05, 3.63) is 36.4 Å². The molecule has 35 heavy (non-hydrogen) atoms. The predicted molar refractivity (Wildman–Crippen MR) is 121 cm³/mol. The summed E-state index contributed by atoms with van der Waals surface area (Å²) >= 11 is 0. The van der Waals surface area contributed by atoms with Gasteiger partial charge in [0.2, 0.25) is 10.0 Å². The first-order valence-electron chi connectivity index (χ1n) is 11.1. The summed E-state index contributed by atoms with van der Waals surface area (Å²) in [5.74, 6) is -0.678. The normalized spacial score (nSPS) is 22.5. The lowest BCUT2D eigenvalue weighted by Crippen LogP contribution is -2.61. The fraction of sp³-hybridized carbons (Fsp3) is 0.524. The van der Waals surface area contributed by atoms with Crippen LogP contribution in [0.1, 0.15) is 19.0 Å². The van der Waals surface area contributed by atoms with E-state index in [0.29, 0.717) is 49.2 Å². The first-order chi connectivity index (χ1) is 16.7. The number of nitrogens with zero attached hydrogens (tertiary/aromatic N) is 6. The number of rotatable bonds is 6. The largest absolute Gasteiger partial charge is 0.355 e. The third-order valence-corrected chi connectivity index (χ3v) is 7.06. The van der Waals surface area contributed by atoms with E-state index in [9.17, 15) is 17.2 Å². The second kappa shape index (κ2) is 9.00. The topological polar surface area (TPSA) is 124 Å². The van der Waals surface area contributed by atoms with Gasteiger partial charge in [0.25, 0.3) is 6.43 Å². The van der Waals surface area contributed by atoms with Crippen LogP contribution in [0.3, 0.4) is 0 Å². The Labute approximate surface area is 200 Å². The van der Waals surface area contributed by atoms with Crippen LogP contribution in [0.25, 0.3) is 17.0 Å². The SMILES string of the molecule is CC1CN(c2cc(-c3cnc4ccc(C(F)F)nn34)ncn2)CC(CNS(C)(=O)=O)C12OCCO2. The number of sulfonamides is 1. The van der Waals surface area contributed by atoms with E-state index < -0.39 is 22.2 Å². The zero-order chi connectivity index (χ0) is 24.8. The summed E-state index contributed by atoms with van der Waals surface area (Å²) in [5, 5.41) is 4.00. The van der Waals surface area contributed by atoms with Gasteiger partial charge in [-0.15, -0.1) is 0 Å². The van der Waals surface area contributed by atoms with E-state index in [0.717, 1.165) is 6.26 Å². The van der Waals surface area contributed by atoms with E-state index >= 15 is 0 Å². The van der Waals surface area contributed by atoms with E-state index in [1.54, 1.807) is 6.07 Å². The van der Waals surface area contributed by atoms with Gasteiger partial charge >= 0.3 is 0 Å². The van der Waals surface area contributed by atoms with Crippen LogP contribution in [0.2, 0.25) is 0 Å². The van der Waals surface area contributed by atoms with Crippen LogP contribution >= 0.6 is 0 Å². The fourth-order valence-corrected chi connectivity index (χ4v) is 5.28. The number of hydrogen-bond acceptors (Lipinski definition) is 9. The maximum absolute atomic E-state index is 13.2. The van der Waals surface area contributed by atoms with Crippen LogP contribution in [0, 0.1) is 11.8 Å². The second-order valence-corrected chi connectivity index (χ2v) is 10.6. The molecule has 3 aromatic rings. The lowest BCUT2D eigenvalue weighted by molar-refractivity contribution is -0.230. The number of hydrogen-bond donors (Lipinski definition) is 1. The predicted octanol–water partition coefficient (Wildman–Crippen LogP) is 1.49. The minimum atomic E-state index is -3.41. The first kappa shape index (κ1) is 23.9. The van der Waals surface area contributed by atoms with Crippen molar-refractivity contribution in [1.29, 1.82) is 0 Å². The molecule has 2 unspecified atom stereocenters. The van der Waals surface area contributed by atoms with Gasteiger partial charge in [-0.1, -0.05) is 6.92 Å². The van der Waals surface area contributed by atoms with E-state index in [1.165, 1.54) is 29.2 Å². The van der Waals surface area contributed by atoms with Crippen LogP contribution in [0.4, 0.5) is 14.6 Å². The number of halogens is 2. The molecule has 0 aromatic carbocycles. The van der Waals surface area contributed by atoms with E-state index in [2.05, 4.69) is 24.8 Å². The molecule has 5 heterocycles. The molecule has 0 amide bonds. The highest BCUT2D eigenvalue weighted by Crippen LogP contribution is 2.41. The molecule has 0 radical (unpaired) electrons. The van der Waals surface area contributed by atoms with Crippen LogP contribution < -0.4 is 9.62 Å². The van der Waals surface area contributed by atoms with Crippen molar-refractivity contribution in [1.82, 2.24) is 29.3 Å². The zero-order valence-corrected chi connectivity index (χ0v) is 20.0.